The number of rotatable bonds is 8. The molecule has 1 saturated heterocycles. The highest BCUT2D eigenvalue weighted by Gasteiger charge is 2.49. The molecule has 0 bridgehead atoms. The van der Waals surface area contributed by atoms with Crippen molar-refractivity contribution < 1.29 is 9.59 Å². The zero-order chi connectivity index (χ0) is 18.5. The smallest absolute Gasteiger partial charge is 0.228 e. The van der Waals surface area contributed by atoms with Crippen molar-refractivity contribution in [2.24, 2.45) is 11.8 Å². The molecule has 0 aromatic heterocycles. The van der Waals surface area contributed by atoms with Gasteiger partial charge >= 0.3 is 0 Å². The average Bonchev–Trinajstić information content (AvgIpc) is 3.27. The molecule has 0 radical (unpaired) electrons. The van der Waals surface area contributed by atoms with Crippen LogP contribution in [-0.2, 0) is 9.59 Å². The van der Waals surface area contributed by atoms with Crippen molar-refractivity contribution in [3.8, 4) is 0 Å². The number of nitrogens with zero attached hydrogens (tertiary/aromatic N) is 2. The highest BCUT2D eigenvalue weighted by molar-refractivity contribution is 5.99. The Labute approximate surface area is 156 Å². The Morgan fingerprint density at radius 2 is 1.65 bits per heavy atom. The molecule has 1 aromatic carbocycles. The van der Waals surface area contributed by atoms with Gasteiger partial charge in [0.25, 0.3) is 0 Å². The van der Waals surface area contributed by atoms with Gasteiger partial charge in [0.05, 0.1) is 11.8 Å². The molecule has 3 rings (SSSR count). The predicted molar refractivity (Wildman–Crippen MR) is 105 cm³/mol. The first-order valence-electron chi connectivity index (χ1n) is 10.1. The lowest BCUT2D eigenvalue weighted by Crippen LogP contribution is -2.34. The lowest BCUT2D eigenvalue weighted by molar-refractivity contribution is -0.134. The van der Waals surface area contributed by atoms with Crippen molar-refractivity contribution in [3.05, 3.63) is 24.3 Å². The van der Waals surface area contributed by atoms with Crippen LogP contribution in [0.25, 0.3) is 0 Å². The fraction of sp³-hybridized carbons (Fsp3) is 0.619. The maximum Gasteiger partial charge on any atom is 0.228 e. The summed E-state index contributed by atoms with van der Waals surface area (Å²) in [6.07, 6.45) is 5.10. The number of anilines is 2. The summed E-state index contributed by atoms with van der Waals surface area (Å²) >= 11 is 0. The van der Waals surface area contributed by atoms with Crippen LogP contribution in [-0.4, -0.2) is 42.9 Å². The number of benzene rings is 1. The first-order chi connectivity index (χ1) is 12.6. The van der Waals surface area contributed by atoms with E-state index in [1.165, 1.54) is 18.5 Å². The highest BCUT2D eigenvalue weighted by atomic mass is 16.2. The van der Waals surface area contributed by atoms with Gasteiger partial charge in [0.1, 0.15) is 0 Å². The van der Waals surface area contributed by atoms with Crippen LogP contribution in [0.2, 0.25) is 0 Å². The standard InChI is InChI=1S/C21H31N3O2/c1-3-11-24(12-4-2)21(26)19-15-18(19)20(25)22-16-7-9-17(10-8-16)23-13-5-6-14-23/h7-10,18-19H,3-6,11-15H2,1-2H3,(H,22,25). The van der Waals surface area contributed by atoms with Gasteiger partial charge < -0.3 is 15.1 Å². The van der Waals surface area contributed by atoms with Crippen LogP contribution >= 0.6 is 0 Å². The molecule has 2 aliphatic rings. The molecule has 1 aliphatic carbocycles. The van der Waals surface area contributed by atoms with Gasteiger partial charge in [-0.2, -0.15) is 0 Å². The first-order valence-corrected chi connectivity index (χ1v) is 10.1. The zero-order valence-corrected chi connectivity index (χ0v) is 16.0. The number of amides is 2. The molecule has 142 valence electrons. The third kappa shape index (κ3) is 4.37. The van der Waals surface area contributed by atoms with Crippen LogP contribution in [0, 0.1) is 11.8 Å². The summed E-state index contributed by atoms with van der Waals surface area (Å²) < 4.78 is 0. The Balaban J connectivity index is 1.52. The number of nitrogens with one attached hydrogen (secondary N) is 1. The number of hydrogen-bond acceptors (Lipinski definition) is 3. The van der Waals surface area contributed by atoms with E-state index in [-0.39, 0.29) is 23.7 Å². The van der Waals surface area contributed by atoms with E-state index in [4.69, 9.17) is 0 Å². The van der Waals surface area contributed by atoms with Crippen LogP contribution in [0.4, 0.5) is 11.4 Å². The van der Waals surface area contributed by atoms with Gasteiger partial charge in [-0.05, 0) is 56.4 Å². The molecule has 1 aliphatic heterocycles. The molecule has 5 heteroatoms. The predicted octanol–water partition coefficient (Wildman–Crippen LogP) is 3.51. The van der Waals surface area contributed by atoms with Crippen molar-refractivity contribution in [2.75, 3.05) is 36.4 Å². The number of carbonyl (C=O) groups excluding carboxylic acids is 2. The minimum Gasteiger partial charge on any atom is -0.372 e. The van der Waals surface area contributed by atoms with Crippen molar-refractivity contribution in [1.82, 2.24) is 4.90 Å². The monoisotopic (exact) mass is 357 g/mol. The van der Waals surface area contributed by atoms with Crippen molar-refractivity contribution in [3.63, 3.8) is 0 Å². The van der Waals surface area contributed by atoms with Crippen molar-refractivity contribution >= 4 is 23.2 Å². The zero-order valence-electron chi connectivity index (χ0n) is 16.0. The molecule has 1 N–H and O–H groups in total. The molecular formula is C21H31N3O2. The molecule has 1 saturated carbocycles. The van der Waals surface area contributed by atoms with E-state index in [0.29, 0.717) is 6.42 Å². The van der Waals surface area contributed by atoms with Crippen molar-refractivity contribution in [1.29, 1.82) is 0 Å². The van der Waals surface area contributed by atoms with Crippen LogP contribution < -0.4 is 10.2 Å². The van der Waals surface area contributed by atoms with Gasteiger partial charge in [0, 0.05) is 37.6 Å². The summed E-state index contributed by atoms with van der Waals surface area (Å²) in [6, 6.07) is 8.07. The second kappa shape index (κ2) is 8.56. The summed E-state index contributed by atoms with van der Waals surface area (Å²) in [7, 11) is 0. The topological polar surface area (TPSA) is 52.7 Å². The molecule has 1 aromatic rings. The molecule has 5 nitrogen and oxygen atoms in total. The summed E-state index contributed by atoms with van der Waals surface area (Å²) in [5, 5.41) is 2.98. The van der Waals surface area contributed by atoms with E-state index >= 15 is 0 Å². The Morgan fingerprint density at radius 3 is 2.23 bits per heavy atom. The highest BCUT2D eigenvalue weighted by Crippen LogP contribution is 2.41. The maximum atomic E-state index is 12.6. The second-order valence-corrected chi connectivity index (χ2v) is 7.50. The summed E-state index contributed by atoms with van der Waals surface area (Å²) in [4.78, 5) is 29.4. The number of carbonyl (C=O) groups is 2. The van der Waals surface area contributed by atoms with E-state index in [1.807, 2.05) is 17.0 Å². The lowest BCUT2D eigenvalue weighted by Gasteiger charge is -2.21. The minimum absolute atomic E-state index is 0.0229. The molecule has 2 unspecified atom stereocenters. The van der Waals surface area contributed by atoms with Crippen LogP contribution in [0.1, 0.15) is 46.0 Å². The van der Waals surface area contributed by atoms with Gasteiger partial charge in [-0.1, -0.05) is 13.8 Å². The van der Waals surface area contributed by atoms with Crippen LogP contribution in [0.15, 0.2) is 24.3 Å². The lowest BCUT2D eigenvalue weighted by atomic mass is 10.2. The van der Waals surface area contributed by atoms with Gasteiger partial charge in [0.15, 0.2) is 0 Å². The summed E-state index contributed by atoms with van der Waals surface area (Å²) in [6.45, 7) is 7.97. The molecular weight excluding hydrogens is 326 g/mol. The molecule has 2 atom stereocenters. The van der Waals surface area contributed by atoms with E-state index in [2.05, 4.69) is 36.2 Å². The second-order valence-electron chi connectivity index (χ2n) is 7.50. The Bertz CT molecular complexity index is 617. The SMILES string of the molecule is CCCN(CCC)C(=O)C1CC1C(=O)Nc1ccc(N2CCCC2)cc1. The minimum atomic E-state index is -0.169. The van der Waals surface area contributed by atoms with Gasteiger partial charge in [-0.25, -0.2) is 0 Å². The third-order valence-corrected chi connectivity index (χ3v) is 5.35. The normalized spacial score (nSPS) is 21.5. The molecule has 26 heavy (non-hydrogen) atoms. The van der Waals surface area contributed by atoms with Gasteiger partial charge in [-0.15, -0.1) is 0 Å². The van der Waals surface area contributed by atoms with Gasteiger partial charge in [0.2, 0.25) is 11.8 Å². The average molecular weight is 357 g/mol. The van der Waals surface area contributed by atoms with Gasteiger partial charge in [-0.3, -0.25) is 9.59 Å². The summed E-state index contributed by atoms with van der Waals surface area (Å²) in [5.74, 6) is -0.169. The van der Waals surface area contributed by atoms with E-state index in [9.17, 15) is 9.59 Å². The Hall–Kier alpha value is -2.04. The maximum absolute atomic E-state index is 12.6. The van der Waals surface area contributed by atoms with Crippen molar-refractivity contribution in [2.45, 2.75) is 46.0 Å². The van der Waals surface area contributed by atoms with E-state index in [0.717, 1.165) is 44.7 Å². The first kappa shape index (κ1) is 18.7. The molecule has 0 spiro atoms. The van der Waals surface area contributed by atoms with Crippen LogP contribution in [0.3, 0.4) is 0 Å². The third-order valence-electron chi connectivity index (χ3n) is 5.35. The Morgan fingerprint density at radius 1 is 1.04 bits per heavy atom. The van der Waals surface area contributed by atoms with E-state index < -0.39 is 0 Å². The fourth-order valence-electron chi connectivity index (χ4n) is 3.83. The quantitative estimate of drug-likeness (QED) is 0.775. The molecule has 1 heterocycles. The molecule has 2 amide bonds. The fourth-order valence-corrected chi connectivity index (χ4v) is 3.83. The molecule has 2 fully saturated rings. The van der Waals surface area contributed by atoms with Crippen LogP contribution in [0.5, 0.6) is 0 Å². The van der Waals surface area contributed by atoms with E-state index in [1.54, 1.807) is 0 Å². The number of hydrogen-bond donors (Lipinski definition) is 1. The largest absolute Gasteiger partial charge is 0.372 e. The Kier molecular flexibility index (Phi) is 6.17. The summed E-state index contributed by atoms with van der Waals surface area (Å²) in [5.41, 5.74) is 2.03.